The second-order valence-corrected chi connectivity index (χ2v) is 17.6. The number of nitrogens with two attached hydrogens (primary N) is 1. The van der Waals surface area contributed by atoms with E-state index in [9.17, 15) is 15.0 Å². The maximum atomic E-state index is 12.6. The minimum Gasteiger partial charge on any atom is -0.446 e. The zero-order valence-electron chi connectivity index (χ0n) is 29.0. The van der Waals surface area contributed by atoms with Crippen LogP contribution in [0.25, 0.3) is 0 Å². The standard InChI is InChI=1S/C36H62N2O6/c1-10-18-38-29(40)44-25-14-15-34-20-35(34)17-16-32(8)33(9)21(3)19-22(27(42-11-2)31(6,7)41)43-28(33)26(39)36(32,37)24(35)13-12-23(34)30(25,4)5/h21-28,39,41H,10-20,37H2,1-9H3,(H,38,40)/t21-,22?,23+,24?,25+,26+,27+,28?,32-,33+,34-,35+,36+/m1/s1. The first kappa shape index (κ1) is 33.0. The van der Waals surface area contributed by atoms with E-state index in [1.807, 2.05) is 13.8 Å². The average molecular weight is 619 g/mol. The van der Waals surface area contributed by atoms with Crippen LogP contribution in [0.2, 0.25) is 0 Å². The minimum atomic E-state index is -1.07. The van der Waals surface area contributed by atoms with E-state index >= 15 is 0 Å². The van der Waals surface area contributed by atoms with Gasteiger partial charge in [0.05, 0.1) is 29.5 Å². The number of nitrogens with one attached hydrogen (secondary N) is 1. The molecule has 5 aliphatic carbocycles. The van der Waals surface area contributed by atoms with Crippen molar-refractivity contribution >= 4 is 6.09 Å². The van der Waals surface area contributed by atoms with Gasteiger partial charge >= 0.3 is 6.09 Å². The van der Waals surface area contributed by atoms with Gasteiger partial charge < -0.3 is 35.5 Å². The van der Waals surface area contributed by atoms with Crippen LogP contribution in [0, 0.1) is 44.8 Å². The minimum absolute atomic E-state index is 0.0935. The molecule has 252 valence electrons. The predicted octanol–water partition coefficient (Wildman–Crippen LogP) is 5.56. The van der Waals surface area contributed by atoms with Crippen molar-refractivity contribution in [1.29, 1.82) is 0 Å². The number of aliphatic hydroxyl groups excluding tert-OH is 1. The summed E-state index contributed by atoms with van der Waals surface area (Å²) in [4.78, 5) is 12.6. The first-order chi connectivity index (χ1) is 20.4. The second-order valence-electron chi connectivity index (χ2n) is 17.6. The molecule has 1 heterocycles. The fraction of sp³-hybridized carbons (Fsp3) is 0.972. The van der Waals surface area contributed by atoms with E-state index in [0.717, 1.165) is 51.4 Å². The van der Waals surface area contributed by atoms with Gasteiger partial charge in [0.1, 0.15) is 12.2 Å². The smallest absolute Gasteiger partial charge is 0.407 e. The fourth-order valence-corrected chi connectivity index (χ4v) is 13.0. The van der Waals surface area contributed by atoms with Crippen LogP contribution in [-0.2, 0) is 14.2 Å². The Morgan fingerprint density at radius 2 is 1.73 bits per heavy atom. The number of fused-ring (bicyclic) bond motifs is 4. The number of rotatable bonds is 7. The zero-order valence-corrected chi connectivity index (χ0v) is 29.0. The third-order valence-electron chi connectivity index (χ3n) is 15.4. The molecule has 8 heteroatoms. The van der Waals surface area contributed by atoms with Crippen LogP contribution in [0.1, 0.15) is 120 Å². The molecule has 1 saturated heterocycles. The van der Waals surface area contributed by atoms with Crippen LogP contribution in [0.4, 0.5) is 4.79 Å². The van der Waals surface area contributed by atoms with Gasteiger partial charge in [0.15, 0.2) is 0 Å². The Morgan fingerprint density at radius 3 is 2.36 bits per heavy atom. The summed E-state index contributed by atoms with van der Waals surface area (Å²) in [6.45, 7) is 20.4. The number of aliphatic hydroxyl groups is 2. The van der Waals surface area contributed by atoms with Crippen LogP contribution in [0.15, 0.2) is 0 Å². The molecule has 2 spiro atoms. The molecule has 0 aromatic heterocycles. The van der Waals surface area contributed by atoms with Crippen LogP contribution in [-0.4, -0.2) is 71.1 Å². The largest absolute Gasteiger partial charge is 0.446 e. The molecule has 5 N–H and O–H groups in total. The van der Waals surface area contributed by atoms with Crippen molar-refractivity contribution in [3.05, 3.63) is 0 Å². The Kier molecular flexibility index (Phi) is 7.71. The quantitative estimate of drug-likeness (QED) is 0.295. The van der Waals surface area contributed by atoms with Crippen molar-refractivity contribution in [2.75, 3.05) is 13.2 Å². The summed E-state index contributed by atoms with van der Waals surface area (Å²) < 4.78 is 19.1. The average Bonchev–Trinajstić information content (AvgIpc) is 3.59. The number of alkyl carbamates (subject to hydrolysis) is 1. The van der Waals surface area contributed by atoms with Gasteiger partial charge in [-0.1, -0.05) is 41.5 Å². The first-order valence-electron chi connectivity index (χ1n) is 17.8. The Hall–Kier alpha value is -0.930. The Labute approximate surface area is 265 Å². The van der Waals surface area contributed by atoms with Gasteiger partial charge in [-0.25, -0.2) is 4.79 Å². The predicted molar refractivity (Wildman–Crippen MR) is 170 cm³/mol. The molecule has 6 fully saturated rings. The summed E-state index contributed by atoms with van der Waals surface area (Å²) in [6.07, 6.45) is 6.53. The zero-order chi connectivity index (χ0) is 32.3. The van der Waals surface area contributed by atoms with Crippen LogP contribution in [0.5, 0.6) is 0 Å². The van der Waals surface area contributed by atoms with Crippen LogP contribution < -0.4 is 11.1 Å². The highest BCUT2D eigenvalue weighted by molar-refractivity contribution is 5.67. The van der Waals surface area contributed by atoms with Gasteiger partial charge in [-0.15, -0.1) is 0 Å². The van der Waals surface area contributed by atoms with Crippen molar-refractivity contribution in [2.45, 2.75) is 162 Å². The molecular weight excluding hydrogens is 556 g/mol. The maximum Gasteiger partial charge on any atom is 0.407 e. The Morgan fingerprint density at radius 1 is 1.07 bits per heavy atom. The molecule has 0 radical (unpaired) electrons. The number of amides is 1. The molecular formula is C36H62N2O6. The maximum absolute atomic E-state index is 12.6. The van der Waals surface area contributed by atoms with Gasteiger partial charge in [0, 0.05) is 24.0 Å². The molecule has 8 nitrogen and oxygen atoms in total. The van der Waals surface area contributed by atoms with E-state index in [4.69, 9.17) is 19.9 Å². The first-order valence-corrected chi connectivity index (χ1v) is 17.8. The molecule has 3 unspecified atom stereocenters. The lowest BCUT2D eigenvalue weighted by atomic mass is 9.41. The van der Waals surface area contributed by atoms with Crippen molar-refractivity contribution < 1.29 is 29.2 Å². The van der Waals surface area contributed by atoms with E-state index in [1.165, 1.54) is 6.42 Å². The highest BCUT2D eigenvalue weighted by Crippen LogP contribution is 2.88. The number of ether oxygens (including phenoxy) is 3. The van der Waals surface area contributed by atoms with Crippen LogP contribution >= 0.6 is 0 Å². The highest BCUT2D eigenvalue weighted by atomic mass is 16.6. The molecule has 13 atom stereocenters. The third kappa shape index (κ3) is 3.96. The van der Waals surface area contributed by atoms with Crippen molar-refractivity contribution in [1.82, 2.24) is 5.32 Å². The Bertz CT molecular complexity index is 1140. The number of hydrogen-bond donors (Lipinski definition) is 4. The Balaban J connectivity index is 1.30. The summed E-state index contributed by atoms with van der Waals surface area (Å²) in [5.74, 6) is 0.923. The molecule has 0 aromatic carbocycles. The number of carbonyl (C=O) groups is 1. The van der Waals surface area contributed by atoms with E-state index in [0.29, 0.717) is 19.1 Å². The SMILES string of the molecule is CCCNC(=O)O[C@H]1CC[C@]23C[C@]24CC[C@]2(C)[C@]5(C)C(OC([C@H](OCC)C(C)(C)O)C[C@H]5C)[C@H](O)[C@@]2(N)C4CC[C@H]3C1(C)C. The van der Waals surface area contributed by atoms with Gasteiger partial charge in [-0.05, 0) is 113 Å². The van der Waals surface area contributed by atoms with Gasteiger partial charge in [-0.2, -0.15) is 0 Å². The lowest BCUT2D eigenvalue weighted by molar-refractivity contribution is -0.239. The highest BCUT2D eigenvalue weighted by Gasteiger charge is 2.87. The molecule has 1 amide bonds. The van der Waals surface area contributed by atoms with E-state index in [2.05, 4.69) is 39.9 Å². The van der Waals surface area contributed by atoms with Crippen molar-refractivity contribution in [2.24, 2.45) is 50.6 Å². The lowest BCUT2D eigenvalue weighted by Crippen LogP contribution is -2.70. The lowest BCUT2D eigenvalue weighted by Gasteiger charge is -2.65. The normalized spacial score (nSPS) is 51.1. The molecule has 6 rings (SSSR count). The van der Waals surface area contributed by atoms with Crippen molar-refractivity contribution in [3.8, 4) is 0 Å². The van der Waals surface area contributed by atoms with Gasteiger partial charge in [0.25, 0.3) is 0 Å². The second kappa shape index (κ2) is 10.3. The monoisotopic (exact) mass is 618 g/mol. The summed E-state index contributed by atoms with van der Waals surface area (Å²) in [5, 5.41) is 26.5. The van der Waals surface area contributed by atoms with Gasteiger partial charge in [-0.3, -0.25) is 0 Å². The fourth-order valence-electron chi connectivity index (χ4n) is 13.0. The summed E-state index contributed by atoms with van der Waals surface area (Å²) >= 11 is 0. The van der Waals surface area contributed by atoms with Crippen molar-refractivity contribution in [3.63, 3.8) is 0 Å². The van der Waals surface area contributed by atoms with Crippen LogP contribution in [0.3, 0.4) is 0 Å². The summed E-state index contributed by atoms with van der Waals surface area (Å²) in [7, 11) is 0. The third-order valence-corrected chi connectivity index (χ3v) is 15.4. The van der Waals surface area contributed by atoms with E-state index in [1.54, 1.807) is 13.8 Å². The topological polar surface area (TPSA) is 123 Å². The number of carbonyl (C=O) groups excluding carboxylic acids is 1. The van der Waals surface area contributed by atoms with Gasteiger partial charge in [0.2, 0.25) is 0 Å². The molecule has 44 heavy (non-hydrogen) atoms. The summed E-state index contributed by atoms with van der Waals surface area (Å²) in [6, 6.07) is 0. The molecule has 0 bridgehead atoms. The van der Waals surface area contributed by atoms with E-state index < -0.39 is 29.5 Å². The molecule has 0 aromatic rings. The molecule has 5 saturated carbocycles. The molecule has 1 aliphatic heterocycles. The summed E-state index contributed by atoms with van der Waals surface area (Å²) in [5.41, 5.74) is 5.58. The number of hydrogen-bond acceptors (Lipinski definition) is 7. The van der Waals surface area contributed by atoms with E-state index in [-0.39, 0.29) is 57.2 Å². The molecule has 6 aliphatic rings.